The van der Waals surface area contributed by atoms with Crippen molar-refractivity contribution in [3.05, 3.63) is 35.3 Å². The van der Waals surface area contributed by atoms with Crippen molar-refractivity contribution in [2.24, 2.45) is 0 Å². The van der Waals surface area contributed by atoms with Gasteiger partial charge < -0.3 is 9.47 Å². The van der Waals surface area contributed by atoms with Crippen molar-refractivity contribution in [2.45, 2.75) is 26.4 Å². The predicted molar refractivity (Wildman–Crippen MR) is 83.2 cm³/mol. The molecule has 22 heavy (non-hydrogen) atoms. The van der Waals surface area contributed by atoms with E-state index in [1.54, 1.807) is 45.0 Å². The van der Waals surface area contributed by atoms with E-state index in [2.05, 4.69) is 10.3 Å². The van der Waals surface area contributed by atoms with E-state index in [1.807, 2.05) is 6.07 Å². The molecule has 0 bridgehead atoms. The first-order chi connectivity index (χ1) is 10.4. The van der Waals surface area contributed by atoms with Gasteiger partial charge >= 0.3 is 6.09 Å². The fourth-order valence-corrected chi connectivity index (χ4v) is 2.10. The van der Waals surface area contributed by atoms with Gasteiger partial charge in [-0.1, -0.05) is 17.4 Å². The zero-order valence-corrected chi connectivity index (χ0v) is 13.2. The molecule has 2 rings (SSSR count). The van der Waals surface area contributed by atoms with Gasteiger partial charge in [-0.25, -0.2) is 9.78 Å². The number of nitrogens with one attached hydrogen (secondary N) is 1. The topological polar surface area (TPSA) is 84.2 Å². The number of rotatable bonds is 3. The van der Waals surface area contributed by atoms with Crippen LogP contribution in [0.1, 0.15) is 25.6 Å². The van der Waals surface area contributed by atoms with E-state index in [0.717, 1.165) is 11.3 Å². The molecule has 1 amide bonds. The van der Waals surface area contributed by atoms with Crippen LogP contribution in [0, 0.1) is 11.3 Å². The number of nitriles is 1. The van der Waals surface area contributed by atoms with Gasteiger partial charge in [0.2, 0.25) is 0 Å². The first-order valence-corrected chi connectivity index (χ1v) is 7.31. The van der Waals surface area contributed by atoms with E-state index >= 15 is 0 Å². The van der Waals surface area contributed by atoms with Crippen LogP contribution in [0.15, 0.2) is 30.5 Å². The van der Waals surface area contributed by atoms with Crippen LogP contribution in [0.5, 0.6) is 10.9 Å². The first-order valence-electron chi connectivity index (χ1n) is 6.49. The molecule has 2 aromatic rings. The Hall–Kier alpha value is -2.59. The van der Waals surface area contributed by atoms with Crippen molar-refractivity contribution in [1.29, 1.82) is 5.26 Å². The number of benzene rings is 1. The number of anilines is 1. The third kappa shape index (κ3) is 4.75. The highest BCUT2D eigenvalue weighted by Gasteiger charge is 2.16. The van der Waals surface area contributed by atoms with E-state index in [1.165, 1.54) is 6.20 Å². The van der Waals surface area contributed by atoms with Gasteiger partial charge in [-0.2, -0.15) is 5.26 Å². The van der Waals surface area contributed by atoms with Gasteiger partial charge in [-0.05, 0) is 32.9 Å². The van der Waals surface area contributed by atoms with E-state index in [4.69, 9.17) is 14.7 Å². The zero-order valence-electron chi connectivity index (χ0n) is 12.4. The van der Waals surface area contributed by atoms with Crippen molar-refractivity contribution in [3.63, 3.8) is 0 Å². The van der Waals surface area contributed by atoms with Gasteiger partial charge in [0.25, 0.3) is 5.19 Å². The number of carbonyl (C=O) groups excluding carboxylic acids is 1. The SMILES string of the molecule is CC(C)(C)OC(=O)Nc1cccc(Oc2ncc(C#N)s2)c1. The summed E-state index contributed by atoms with van der Waals surface area (Å²) in [5, 5.41) is 11.8. The summed E-state index contributed by atoms with van der Waals surface area (Å²) in [5.74, 6) is 0.507. The Kier molecular flexibility index (Phi) is 4.63. The van der Waals surface area contributed by atoms with Crippen LogP contribution < -0.4 is 10.1 Å². The predicted octanol–water partition coefficient (Wildman–Crippen LogP) is 4.15. The Labute approximate surface area is 132 Å². The van der Waals surface area contributed by atoms with Gasteiger partial charge in [0.15, 0.2) is 0 Å². The van der Waals surface area contributed by atoms with Crippen LogP contribution in [0.2, 0.25) is 0 Å². The molecule has 0 aliphatic carbocycles. The summed E-state index contributed by atoms with van der Waals surface area (Å²) < 4.78 is 10.7. The fraction of sp³-hybridized carbons (Fsp3) is 0.267. The van der Waals surface area contributed by atoms with Crippen molar-refractivity contribution in [1.82, 2.24) is 4.98 Å². The average Bonchev–Trinajstić information content (AvgIpc) is 2.84. The average molecular weight is 317 g/mol. The smallest absolute Gasteiger partial charge is 0.412 e. The van der Waals surface area contributed by atoms with Crippen LogP contribution in [0.3, 0.4) is 0 Å². The molecule has 7 heteroatoms. The van der Waals surface area contributed by atoms with Crippen LogP contribution in [-0.2, 0) is 4.74 Å². The molecule has 0 atom stereocenters. The van der Waals surface area contributed by atoms with Crippen molar-refractivity contribution in [3.8, 4) is 17.0 Å². The third-order valence-corrected chi connectivity index (χ3v) is 3.06. The minimum atomic E-state index is -0.563. The number of amides is 1. The van der Waals surface area contributed by atoms with Crippen molar-refractivity contribution in [2.75, 3.05) is 5.32 Å². The second-order valence-electron chi connectivity index (χ2n) is 5.36. The molecule has 1 N–H and O–H groups in total. The number of ether oxygens (including phenoxy) is 2. The lowest BCUT2D eigenvalue weighted by atomic mass is 10.2. The highest BCUT2D eigenvalue weighted by atomic mass is 32.1. The summed E-state index contributed by atoms with van der Waals surface area (Å²) in [6.45, 7) is 5.38. The molecule has 0 radical (unpaired) electrons. The standard InChI is InChI=1S/C15H15N3O3S/c1-15(2,3)21-13(19)18-10-5-4-6-11(7-10)20-14-17-9-12(8-16)22-14/h4-7,9H,1-3H3,(H,18,19). The summed E-state index contributed by atoms with van der Waals surface area (Å²) in [6.07, 6.45) is 0.911. The maximum Gasteiger partial charge on any atom is 0.412 e. The fourth-order valence-electron chi connectivity index (χ4n) is 1.52. The minimum absolute atomic E-state index is 0.367. The number of hydrogen-bond donors (Lipinski definition) is 1. The molecule has 0 aliphatic rings. The lowest BCUT2D eigenvalue weighted by Gasteiger charge is -2.19. The van der Waals surface area contributed by atoms with E-state index in [-0.39, 0.29) is 0 Å². The Morgan fingerprint density at radius 2 is 2.18 bits per heavy atom. The second kappa shape index (κ2) is 6.45. The molecule has 1 aromatic heterocycles. The molecule has 0 saturated carbocycles. The number of carbonyl (C=O) groups is 1. The van der Waals surface area contributed by atoms with Crippen molar-refractivity contribution < 1.29 is 14.3 Å². The van der Waals surface area contributed by atoms with Crippen LogP contribution >= 0.6 is 11.3 Å². The molecule has 0 saturated heterocycles. The summed E-state index contributed by atoms with van der Waals surface area (Å²) in [5.41, 5.74) is -0.0175. The molecule has 114 valence electrons. The highest BCUT2D eigenvalue weighted by Crippen LogP contribution is 2.27. The summed E-state index contributed by atoms with van der Waals surface area (Å²) in [6, 6.07) is 8.83. The maximum absolute atomic E-state index is 11.7. The zero-order chi connectivity index (χ0) is 16.2. The molecule has 0 unspecified atom stereocenters. The lowest BCUT2D eigenvalue weighted by molar-refractivity contribution is 0.0636. The Bertz CT molecular complexity index is 713. The Morgan fingerprint density at radius 1 is 1.41 bits per heavy atom. The quantitative estimate of drug-likeness (QED) is 0.919. The summed E-state index contributed by atoms with van der Waals surface area (Å²) in [7, 11) is 0. The summed E-state index contributed by atoms with van der Waals surface area (Å²) >= 11 is 1.15. The molecule has 0 spiro atoms. The number of nitrogens with zero attached hydrogens (tertiary/aromatic N) is 2. The van der Waals surface area contributed by atoms with Gasteiger partial charge in [-0.3, -0.25) is 5.32 Å². The molecular weight excluding hydrogens is 302 g/mol. The Morgan fingerprint density at radius 3 is 2.82 bits per heavy atom. The van der Waals surface area contributed by atoms with Gasteiger partial charge in [0, 0.05) is 11.8 Å². The number of aromatic nitrogens is 1. The van der Waals surface area contributed by atoms with Crippen LogP contribution in [0.4, 0.5) is 10.5 Å². The van der Waals surface area contributed by atoms with Gasteiger partial charge in [-0.15, -0.1) is 0 Å². The number of thiazole rings is 1. The van der Waals surface area contributed by atoms with E-state index in [0.29, 0.717) is 21.5 Å². The van der Waals surface area contributed by atoms with E-state index < -0.39 is 11.7 Å². The monoisotopic (exact) mass is 317 g/mol. The maximum atomic E-state index is 11.7. The van der Waals surface area contributed by atoms with Crippen LogP contribution in [0.25, 0.3) is 0 Å². The lowest BCUT2D eigenvalue weighted by Crippen LogP contribution is -2.27. The third-order valence-electron chi connectivity index (χ3n) is 2.28. The number of hydrogen-bond acceptors (Lipinski definition) is 6. The van der Waals surface area contributed by atoms with Crippen LogP contribution in [-0.4, -0.2) is 16.7 Å². The molecule has 0 aliphatic heterocycles. The summed E-state index contributed by atoms with van der Waals surface area (Å²) in [4.78, 5) is 16.2. The van der Waals surface area contributed by atoms with Gasteiger partial charge in [0.05, 0.1) is 6.20 Å². The largest absolute Gasteiger partial charge is 0.444 e. The van der Waals surface area contributed by atoms with Crippen molar-refractivity contribution >= 4 is 23.1 Å². The second-order valence-corrected chi connectivity index (χ2v) is 6.35. The molecular formula is C15H15N3O3S. The molecule has 1 aromatic carbocycles. The van der Waals surface area contributed by atoms with Gasteiger partial charge in [0.1, 0.15) is 22.3 Å². The minimum Gasteiger partial charge on any atom is -0.444 e. The molecule has 6 nitrogen and oxygen atoms in total. The normalized spacial score (nSPS) is 10.6. The first kappa shape index (κ1) is 15.8. The molecule has 0 fully saturated rings. The molecule has 1 heterocycles. The van der Waals surface area contributed by atoms with E-state index in [9.17, 15) is 4.79 Å². The highest BCUT2D eigenvalue weighted by molar-refractivity contribution is 7.13. The Balaban J connectivity index is 2.04.